The molecule has 128 valence electrons. The van der Waals surface area contributed by atoms with Gasteiger partial charge in [-0.15, -0.1) is 0 Å². The van der Waals surface area contributed by atoms with E-state index in [1.54, 1.807) is 18.2 Å². The van der Waals surface area contributed by atoms with Gasteiger partial charge in [-0.05, 0) is 38.0 Å². The molecule has 24 heavy (non-hydrogen) atoms. The molecule has 0 spiro atoms. The van der Waals surface area contributed by atoms with Gasteiger partial charge in [-0.1, -0.05) is 6.92 Å². The van der Waals surface area contributed by atoms with Crippen LogP contribution in [0.25, 0.3) is 0 Å². The number of anilines is 1. The Labute approximate surface area is 140 Å². The number of hydrogen-bond donors (Lipinski definition) is 2. The molecule has 1 aliphatic heterocycles. The first-order chi connectivity index (χ1) is 11.5. The van der Waals surface area contributed by atoms with Gasteiger partial charge in [0.25, 0.3) is 0 Å². The molecule has 7 heteroatoms. The third kappa shape index (κ3) is 3.79. The van der Waals surface area contributed by atoms with Gasteiger partial charge < -0.3 is 20.1 Å². The van der Waals surface area contributed by atoms with Crippen LogP contribution in [0.5, 0.6) is 11.5 Å². The zero-order valence-corrected chi connectivity index (χ0v) is 14.1. The first kappa shape index (κ1) is 16.2. The summed E-state index contributed by atoms with van der Waals surface area (Å²) in [6.45, 7) is 7.64. The Balaban J connectivity index is 1.47. The first-order valence-electron chi connectivity index (χ1n) is 7.97. The Kier molecular flexibility index (Phi) is 4.59. The predicted molar refractivity (Wildman–Crippen MR) is 90.5 cm³/mol. The number of aromatic nitrogens is 2. The van der Waals surface area contributed by atoms with Crippen molar-refractivity contribution in [2.45, 2.75) is 27.3 Å². The Bertz CT molecular complexity index is 741. The number of carbonyl (C=O) groups excluding carboxylic acids is 1. The van der Waals surface area contributed by atoms with Crippen LogP contribution in [0.1, 0.15) is 18.3 Å². The van der Waals surface area contributed by atoms with Crippen LogP contribution in [0.15, 0.2) is 24.3 Å². The lowest BCUT2D eigenvalue weighted by Gasteiger charge is -2.14. The normalized spacial score (nSPS) is 13.6. The number of fused-ring (bicyclic) bond motifs is 1. The van der Waals surface area contributed by atoms with E-state index in [-0.39, 0.29) is 18.7 Å². The maximum absolute atomic E-state index is 12.0. The number of rotatable bonds is 5. The van der Waals surface area contributed by atoms with Gasteiger partial charge >= 0.3 is 6.03 Å². The van der Waals surface area contributed by atoms with Gasteiger partial charge in [0, 0.05) is 30.5 Å². The predicted octanol–water partition coefficient (Wildman–Crippen LogP) is 2.69. The summed E-state index contributed by atoms with van der Waals surface area (Å²) in [4.78, 5) is 12.0. The molecule has 7 nitrogen and oxygen atoms in total. The van der Waals surface area contributed by atoms with Crippen molar-refractivity contribution in [1.29, 1.82) is 0 Å². The SMILES string of the molecule is Cc1cc(C)n(C[C@@H](C)CNC(=O)Nc2ccc3c(c2)OCO3)n1. The van der Waals surface area contributed by atoms with Crippen molar-refractivity contribution in [3.63, 3.8) is 0 Å². The molecular weight excluding hydrogens is 308 g/mol. The van der Waals surface area contributed by atoms with Crippen molar-refractivity contribution >= 4 is 11.7 Å². The molecule has 0 bridgehead atoms. The van der Waals surface area contributed by atoms with Crippen molar-refractivity contribution in [1.82, 2.24) is 15.1 Å². The minimum atomic E-state index is -0.242. The van der Waals surface area contributed by atoms with Crippen LogP contribution in [0.4, 0.5) is 10.5 Å². The summed E-state index contributed by atoms with van der Waals surface area (Å²) in [5.74, 6) is 1.61. The van der Waals surface area contributed by atoms with E-state index < -0.39 is 0 Å². The van der Waals surface area contributed by atoms with Crippen molar-refractivity contribution in [3.8, 4) is 11.5 Å². The van der Waals surface area contributed by atoms with E-state index in [4.69, 9.17) is 9.47 Å². The number of urea groups is 1. The molecule has 1 atom stereocenters. The Morgan fingerprint density at radius 1 is 1.29 bits per heavy atom. The molecule has 0 radical (unpaired) electrons. The largest absolute Gasteiger partial charge is 0.454 e. The van der Waals surface area contributed by atoms with Crippen molar-refractivity contribution in [3.05, 3.63) is 35.7 Å². The van der Waals surface area contributed by atoms with Crippen LogP contribution in [-0.4, -0.2) is 29.1 Å². The maximum Gasteiger partial charge on any atom is 0.319 e. The fraction of sp³-hybridized carbons (Fsp3) is 0.412. The lowest BCUT2D eigenvalue weighted by Crippen LogP contribution is -2.33. The molecule has 2 aromatic rings. The molecule has 0 aliphatic carbocycles. The van der Waals surface area contributed by atoms with Crippen molar-refractivity contribution in [2.24, 2.45) is 5.92 Å². The van der Waals surface area contributed by atoms with E-state index in [9.17, 15) is 4.79 Å². The van der Waals surface area contributed by atoms with Gasteiger partial charge in [0.05, 0.1) is 5.69 Å². The van der Waals surface area contributed by atoms with Crippen LogP contribution in [0, 0.1) is 19.8 Å². The van der Waals surface area contributed by atoms with E-state index in [0.29, 0.717) is 23.7 Å². The standard InChI is InChI=1S/C17H22N4O3/c1-11(9-21-13(3)6-12(2)20-21)8-18-17(22)19-14-4-5-15-16(7-14)24-10-23-15/h4-7,11H,8-10H2,1-3H3,(H2,18,19,22)/t11-/m0/s1. The fourth-order valence-corrected chi connectivity index (χ4v) is 2.64. The van der Waals surface area contributed by atoms with Crippen molar-refractivity contribution < 1.29 is 14.3 Å². The zero-order valence-electron chi connectivity index (χ0n) is 14.1. The monoisotopic (exact) mass is 330 g/mol. The van der Waals surface area contributed by atoms with E-state index in [0.717, 1.165) is 17.9 Å². The van der Waals surface area contributed by atoms with Crippen LogP contribution in [0.3, 0.4) is 0 Å². The summed E-state index contributed by atoms with van der Waals surface area (Å²) in [6.07, 6.45) is 0. The highest BCUT2D eigenvalue weighted by Gasteiger charge is 2.14. The topological polar surface area (TPSA) is 77.4 Å². The second-order valence-electron chi connectivity index (χ2n) is 6.12. The summed E-state index contributed by atoms with van der Waals surface area (Å²) < 4.78 is 12.5. The van der Waals surface area contributed by atoms with E-state index in [1.807, 2.05) is 24.6 Å². The quantitative estimate of drug-likeness (QED) is 0.883. The third-order valence-electron chi connectivity index (χ3n) is 3.83. The summed E-state index contributed by atoms with van der Waals surface area (Å²) in [5, 5.41) is 10.1. The van der Waals surface area contributed by atoms with Crippen LogP contribution >= 0.6 is 0 Å². The number of amides is 2. The summed E-state index contributed by atoms with van der Waals surface area (Å²) in [6, 6.07) is 7.12. The Morgan fingerprint density at radius 3 is 2.83 bits per heavy atom. The molecule has 1 aromatic carbocycles. The van der Waals surface area contributed by atoms with E-state index in [1.165, 1.54) is 0 Å². The van der Waals surface area contributed by atoms with Gasteiger partial charge in [0.1, 0.15) is 0 Å². The molecule has 2 amide bonds. The highest BCUT2D eigenvalue weighted by atomic mass is 16.7. The highest BCUT2D eigenvalue weighted by molar-refractivity contribution is 5.89. The van der Waals surface area contributed by atoms with Gasteiger partial charge in [-0.2, -0.15) is 5.10 Å². The fourth-order valence-electron chi connectivity index (χ4n) is 2.64. The number of carbonyl (C=O) groups is 1. The highest BCUT2D eigenvalue weighted by Crippen LogP contribution is 2.34. The average molecular weight is 330 g/mol. The maximum atomic E-state index is 12.0. The Morgan fingerprint density at radius 2 is 2.08 bits per heavy atom. The number of aryl methyl sites for hydroxylation is 2. The van der Waals surface area contributed by atoms with Gasteiger partial charge in [-0.25, -0.2) is 4.79 Å². The number of hydrogen-bond acceptors (Lipinski definition) is 4. The molecule has 0 saturated heterocycles. The number of nitrogens with one attached hydrogen (secondary N) is 2. The molecule has 0 fully saturated rings. The Hall–Kier alpha value is -2.70. The lowest BCUT2D eigenvalue weighted by molar-refractivity contribution is 0.174. The molecule has 0 unspecified atom stereocenters. The lowest BCUT2D eigenvalue weighted by atomic mass is 10.2. The van der Waals surface area contributed by atoms with Gasteiger partial charge in [0.15, 0.2) is 11.5 Å². The first-order valence-corrected chi connectivity index (χ1v) is 7.97. The van der Waals surface area contributed by atoms with Gasteiger partial charge in [-0.3, -0.25) is 4.68 Å². The second-order valence-corrected chi connectivity index (χ2v) is 6.12. The molecule has 2 heterocycles. The molecule has 1 aromatic heterocycles. The second kappa shape index (κ2) is 6.82. The summed E-state index contributed by atoms with van der Waals surface area (Å²) >= 11 is 0. The smallest absolute Gasteiger partial charge is 0.319 e. The van der Waals surface area contributed by atoms with Crippen LogP contribution < -0.4 is 20.1 Å². The van der Waals surface area contributed by atoms with Crippen LogP contribution in [0.2, 0.25) is 0 Å². The zero-order chi connectivity index (χ0) is 17.1. The number of nitrogens with zero attached hydrogens (tertiary/aromatic N) is 2. The summed E-state index contributed by atoms with van der Waals surface area (Å²) in [5.41, 5.74) is 2.81. The summed E-state index contributed by atoms with van der Waals surface area (Å²) in [7, 11) is 0. The molecular formula is C17H22N4O3. The van der Waals surface area contributed by atoms with Crippen LogP contribution in [-0.2, 0) is 6.54 Å². The molecule has 3 rings (SSSR count). The average Bonchev–Trinajstić information content (AvgIpc) is 3.11. The minimum Gasteiger partial charge on any atom is -0.454 e. The third-order valence-corrected chi connectivity index (χ3v) is 3.83. The van der Waals surface area contributed by atoms with Crippen molar-refractivity contribution in [2.75, 3.05) is 18.7 Å². The molecule has 2 N–H and O–H groups in total. The minimum absolute atomic E-state index is 0.217. The van der Waals surface area contributed by atoms with Gasteiger partial charge in [0.2, 0.25) is 6.79 Å². The van der Waals surface area contributed by atoms with E-state index >= 15 is 0 Å². The van der Waals surface area contributed by atoms with E-state index in [2.05, 4.69) is 22.7 Å². The number of ether oxygens (including phenoxy) is 2. The molecule has 1 aliphatic rings. The molecule has 0 saturated carbocycles. The number of benzene rings is 1.